The number of imidazole rings is 1. The van der Waals surface area contributed by atoms with Crippen molar-refractivity contribution in [2.45, 2.75) is 30.3 Å². The van der Waals surface area contributed by atoms with Gasteiger partial charge in [-0.05, 0) is 31.0 Å². The highest BCUT2D eigenvalue weighted by Gasteiger charge is 2.39. The van der Waals surface area contributed by atoms with Gasteiger partial charge in [0.05, 0.1) is 28.3 Å². The summed E-state index contributed by atoms with van der Waals surface area (Å²) < 4.78 is 29.5. The monoisotopic (exact) mass is 372 g/mol. The summed E-state index contributed by atoms with van der Waals surface area (Å²) in [6, 6.07) is 10.7. The van der Waals surface area contributed by atoms with Crippen LogP contribution >= 0.6 is 0 Å². The fourth-order valence-electron chi connectivity index (χ4n) is 2.93. The first kappa shape index (κ1) is 16.7. The van der Waals surface area contributed by atoms with Crippen LogP contribution in [0.25, 0.3) is 5.65 Å². The van der Waals surface area contributed by atoms with E-state index in [0.29, 0.717) is 0 Å². The Morgan fingerprint density at radius 2 is 2.04 bits per heavy atom. The molecule has 1 saturated carbocycles. The molecule has 0 aliphatic heterocycles. The molecule has 1 aliphatic carbocycles. The van der Waals surface area contributed by atoms with E-state index in [2.05, 4.69) is 4.98 Å². The molecule has 26 heavy (non-hydrogen) atoms. The van der Waals surface area contributed by atoms with Crippen molar-refractivity contribution in [3.8, 4) is 0 Å². The number of nitro groups is 1. The molecule has 8 nitrogen and oxygen atoms in total. The number of rotatable bonds is 6. The van der Waals surface area contributed by atoms with Crippen molar-refractivity contribution in [2.75, 3.05) is 0 Å². The lowest BCUT2D eigenvalue weighted by atomic mass is 10.3. The molecule has 0 radical (unpaired) electrons. The van der Waals surface area contributed by atoms with Gasteiger partial charge in [0.2, 0.25) is 10.0 Å². The van der Waals surface area contributed by atoms with E-state index >= 15 is 0 Å². The maximum absolute atomic E-state index is 13.1. The van der Waals surface area contributed by atoms with Crippen LogP contribution in [0.5, 0.6) is 0 Å². The minimum Gasteiger partial charge on any atom is -0.303 e. The third kappa shape index (κ3) is 2.95. The van der Waals surface area contributed by atoms with Crippen molar-refractivity contribution in [1.29, 1.82) is 0 Å². The van der Waals surface area contributed by atoms with E-state index in [0.717, 1.165) is 30.2 Å². The second-order valence-corrected chi connectivity index (χ2v) is 8.10. The molecule has 0 atom stereocenters. The Kier molecular flexibility index (Phi) is 3.97. The van der Waals surface area contributed by atoms with E-state index in [1.165, 1.54) is 22.5 Å². The lowest BCUT2D eigenvalue weighted by Crippen LogP contribution is -2.33. The molecule has 2 aromatic heterocycles. The van der Waals surface area contributed by atoms with Crippen molar-refractivity contribution in [2.24, 2.45) is 0 Å². The molecule has 3 aromatic rings. The second-order valence-electron chi connectivity index (χ2n) is 6.21. The molecule has 0 spiro atoms. The van der Waals surface area contributed by atoms with Gasteiger partial charge < -0.3 is 4.40 Å². The van der Waals surface area contributed by atoms with E-state index in [9.17, 15) is 18.5 Å². The van der Waals surface area contributed by atoms with Gasteiger partial charge in [-0.25, -0.2) is 13.4 Å². The van der Waals surface area contributed by atoms with Crippen LogP contribution in [0.2, 0.25) is 0 Å². The zero-order chi connectivity index (χ0) is 18.3. The van der Waals surface area contributed by atoms with Crippen LogP contribution < -0.4 is 0 Å². The number of benzene rings is 1. The molecule has 9 heteroatoms. The maximum atomic E-state index is 13.1. The fourth-order valence-corrected chi connectivity index (χ4v) is 4.62. The molecule has 1 aliphatic rings. The van der Waals surface area contributed by atoms with Crippen LogP contribution in [0.3, 0.4) is 0 Å². The number of hydrogen-bond donors (Lipinski definition) is 0. The third-order valence-corrected chi connectivity index (χ3v) is 6.29. The number of sulfonamides is 1. The van der Waals surface area contributed by atoms with Crippen molar-refractivity contribution in [3.05, 3.63) is 70.7 Å². The largest absolute Gasteiger partial charge is 0.303 e. The Balaban J connectivity index is 1.72. The summed E-state index contributed by atoms with van der Waals surface area (Å²) in [7, 11) is -3.85. The number of pyridine rings is 1. The Hall–Kier alpha value is -2.78. The molecule has 134 valence electrons. The molecule has 2 heterocycles. The zero-order valence-corrected chi connectivity index (χ0v) is 14.5. The highest BCUT2D eigenvalue weighted by Crippen LogP contribution is 2.34. The van der Waals surface area contributed by atoms with Crippen LogP contribution in [0.4, 0.5) is 5.69 Å². The van der Waals surface area contributed by atoms with Crippen LogP contribution in [0.1, 0.15) is 18.5 Å². The number of fused-ring (bicyclic) bond motifs is 1. The molecule has 0 amide bonds. The van der Waals surface area contributed by atoms with Crippen LogP contribution in [-0.4, -0.2) is 33.1 Å². The first-order chi connectivity index (χ1) is 12.5. The second kappa shape index (κ2) is 6.19. The topological polar surface area (TPSA) is 97.8 Å². The average Bonchev–Trinajstić information content (AvgIpc) is 3.40. The summed E-state index contributed by atoms with van der Waals surface area (Å²) in [4.78, 5) is 14.6. The third-order valence-electron chi connectivity index (χ3n) is 4.40. The van der Waals surface area contributed by atoms with Crippen molar-refractivity contribution >= 4 is 21.4 Å². The molecule has 1 aromatic carbocycles. The summed E-state index contributed by atoms with van der Waals surface area (Å²) in [5, 5.41) is 11.0. The highest BCUT2D eigenvalue weighted by atomic mass is 32.2. The van der Waals surface area contributed by atoms with Crippen LogP contribution in [0.15, 0.2) is 59.8 Å². The molecule has 1 fully saturated rings. The van der Waals surface area contributed by atoms with E-state index in [1.54, 1.807) is 6.20 Å². The van der Waals surface area contributed by atoms with E-state index in [1.807, 2.05) is 28.8 Å². The summed E-state index contributed by atoms with van der Waals surface area (Å²) in [5.74, 6) is 0. The lowest BCUT2D eigenvalue weighted by molar-refractivity contribution is -0.385. The van der Waals surface area contributed by atoms with Gasteiger partial charge in [0.1, 0.15) is 5.65 Å². The predicted molar refractivity (Wildman–Crippen MR) is 94.0 cm³/mol. The van der Waals surface area contributed by atoms with Crippen molar-refractivity contribution in [1.82, 2.24) is 13.7 Å². The Morgan fingerprint density at radius 3 is 2.77 bits per heavy atom. The first-order valence-corrected chi connectivity index (χ1v) is 9.58. The number of hydrogen-bond acceptors (Lipinski definition) is 5. The van der Waals surface area contributed by atoms with Gasteiger partial charge in [-0.3, -0.25) is 10.1 Å². The van der Waals surface area contributed by atoms with E-state index in [-0.39, 0.29) is 23.2 Å². The quantitative estimate of drug-likeness (QED) is 0.489. The first-order valence-electron chi connectivity index (χ1n) is 8.14. The molecule has 0 bridgehead atoms. The molecule has 4 rings (SSSR count). The number of non-ortho nitro benzene ring substituents is 1. The number of nitrogens with zero attached hydrogens (tertiary/aromatic N) is 4. The van der Waals surface area contributed by atoms with Crippen LogP contribution in [-0.2, 0) is 16.6 Å². The van der Waals surface area contributed by atoms with E-state index in [4.69, 9.17) is 0 Å². The number of aromatic nitrogens is 2. The van der Waals surface area contributed by atoms with Gasteiger partial charge in [0.15, 0.2) is 0 Å². The predicted octanol–water partition coefficient (Wildman–Crippen LogP) is 2.60. The van der Waals surface area contributed by atoms with Gasteiger partial charge in [0, 0.05) is 24.4 Å². The van der Waals surface area contributed by atoms with Crippen molar-refractivity contribution in [3.63, 3.8) is 0 Å². The van der Waals surface area contributed by atoms with E-state index < -0.39 is 14.9 Å². The Bertz CT molecular complexity index is 1090. The normalized spacial score (nSPS) is 14.8. The molecular weight excluding hydrogens is 356 g/mol. The molecular formula is C17H16N4O4S. The maximum Gasteiger partial charge on any atom is 0.270 e. The summed E-state index contributed by atoms with van der Waals surface area (Å²) >= 11 is 0. The zero-order valence-electron chi connectivity index (χ0n) is 13.7. The molecule has 0 N–H and O–H groups in total. The van der Waals surface area contributed by atoms with Crippen LogP contribution in [0, 0.1) is 10.1 Å². The smallest absolute Gasteiger partial charge is 0.270 e. The van der Waals surface area contributed by atoms with Gasteiger partial charge in [-0.1, -0.05) is 12.1 Å². The van der Waals surface area contributed by atoms with Gasteiger partial charge in [0.25, 0.3) is 5.69 Å². The Morgan fingerprint density at radius 1 is 1.23 bits per heavy atom. The standard InChI is InChI=1S/C17H16N4O4S/c22-21(23)14-4-3-5-16(10-14)26(24,25)20(13-7-8-13)12-15-11-18-17-6-1-2-9-19(15)17/h1-6,9-11,13H,7-8,12H2. The SMILES string of the molecule is O=[N+]([O-])c1cccc(S(=O)(=O)N(Cc2cnc3ccccn23)C2CC2)c1. The summed E-state index contributed by atoms with van der Waals surface area (Å²) in [6.45, 7) is 0.168. The summed E-state index contributed by atoms with van der Waals surface area (Å²) in [6.07, 6.45) is 5.06. The fraction of sp³-hybridized carbons (Fsp3) is 0.235. The molecule has 0 unspecified atom stereocenters. The average molecular weight is 372 g/mol. The minimum absolute atomic E-state index is 0.0626. The van der Waals surface area contributed by atoms with Gasteiger partial charge in [-0.15, -0.1) is 0 Å². The lowest BCUT2D eigenvalue weighted by Gasteiger charge is -2.21. The van der Waals surface area contributed by atoms with Crippen molar-refractivity contribution < 1.29 is 13.3 Å². The molecule has 0 saturated heterocycles. The van der Waals surface area contributed by atoms with Gasteiger partial charge >= 0.3 is 0 Å². The number of nitro benzene ring substituents is 1. The highest BCUT2D eigenvalue weighted by molar-refractivity contribution is 7.89. The minimum atomic E-state index is -3.85. The summed E-state index contributed by atoms with van der Waals surface area (Å²) in [5.41, 5.74) is 1.25. The Labute approximate surface area is 149 Å². The van der Waals surface area contributed by atoms with Gasteiger partial charge in [-0.2, -0.15) is 4.31 Å².